The number of nitrogen functional groups attached to an aromatic ring is 1. The van der Waals surface area contributed by atoms with Crippen LogP contribution in [0.3, 0.4) is 0 Å². The molecule has 2 nitrogen and oxygen atoms in total. The van der Waals surface area contributed by atoms with Crippen LogP contribution in [0.4, 0.5) is 5.69 Å². The summed E-state index contributed by atoms with van der Waals surface area (Å²) in [4.78, 5) is 4.91. The molecule has 0 radical (unpaired) electrons. The van der Waals surface area contributed by atoms with Gasteiger partial charge in [0.25, 0.3) is 0 Å². The Morgan fingerprint density at radius 1 is 1.45 bits per heavy atom. The number of hydrogen-bond donors (Lipinski definition) is 1. The Hall–Kier alpha value is -0.960. The van der Waals surface area contributed by atoms with Crippen molar-refractivity contribution in [1.82, 2.24) is 0 Å². The summed E-state index contributed by atoms with van der Waals surface area (Å²) in [5.74, 6) is 0. The number of aliphatic imine (C=N–C) groups is 1. The molecule has 1 aromatic rings. The van der Waals surface area contributed by atoms with E-state index < -0.39 is 0 Å². The van der Waals surface area contributed by atoms with Crippen LogP contribution in [0.15, 0.2) is 34.2 Å². The SMILES string of the molecule is CN=CSc1ccccc1N. The van der Waals surface area contributed by atoms with Crippen molar-refractivity contribution >= 4 is 23.0 Å². The van der Waals surface area contributed by atoms with E-state index in [0.29, 0.717) is 0 Å². The molecular weight excluding hydrogens is 156 g/mol. The lowest BCUT2D eigenvalue weighted by Crippen LogP contribution is -1.86. The lowest BCUT2D eigenvalue weighted by molar-refractivity contribution is 1.46. The molecule has 0 bridgehead atoms. The zero-order chi connectivity index (χ0) is 8.10. The monoisotopic (exact) mass is 166 g/mol. The fourth-order valence-corrected chi connectivity index (χ4v) is 1.28. The number of anilines is 1. The van der Waals surface area contributed by atoms with E-state index in [-0.39, 0.29) is 0 Å². The lowest BCUT2D eigenvalue weighted by atomic mass is 10.3. The molecule has 3 heteroatoms. The van der Waals surface area contributed by atoms with E-state index in [1.807, 2.05) is 24.3 Å². The first-order valence-corrected chi connectivity index (χ1v) is 4.14. The molecule has 0 heterocycles. The molecule has 1 rings (SSSR count). The average Bonchev–Trinajstić information content (AvgIpc) is 2.03. The minimum atomic E-state index is 0.803. The second-order valence-corrected chi connectivity index (χ2v) is 2.91. The Bertz CT molecular complexity index is 258. The van der Waals surface area contributed by atoms with Crippen LogP contribution in [0.25, 0.3) is 0 Å². The van der Waals surface area contributed by atoms with Gasteiger partial charge in [-0.15, -0.1) is 0 Å². The number of benzene rings is 1. The third-order valence-electron chi connectivity index (χ3n) is 1.20. The van der Waals surface area contributed by atoms with Gasteiger partial charge in [0, 0.05) is 17.6 Å². The van der Waals surface area contributed by atoms with Crippen molar-refractivity contribution in [3.63, 3.8) is 0 Å². The summed E-state index contributed by atoms with van der Waals surface area (Å²) in [6.07, 6.45) is 0. The van der Waals surface area contributed by atoms with E-state index in [4.69, 9.17) is 5.73 Å². The smallest absolute Gasteiger partial charge is 0.0586 e. The molecule has 58 valence electrons. The maximum absolute atomic E-state index is 5.68. The zero-order valence-electron chi connectivity index (χ0n) is 6.32. The molecule has 0 saturated carbocycles. The summed E-state index contributed by atoms with van der Waals surface area (Å²) in [5, 5.41) is 0. The minimum Gasteiger partial charge on any atom is -0.398 e. The van der Waals surface area contributed by atoms with Crippen molar-refractivity contribution in [3.05, 3.63) is 24.3 Å². The first-order chi connectivity index (χ1) is 5.34. The first-order valence-electron chi connectivity index (χ1n) is 3.26. The molecule has 0 aliphatic heterocycles. The van der Waals surface area contributed by atoms with Gasteiger partial charge in [-0.2, -0.15) is 0 Å². The Labute approximate surface area is 70.5 Å². The number of nitrogens with zero attached hydrogens (tertiary/aromatic N) is 1. The van der Waals surface area contributed by atoms with E-state index in [0.717, 1.165) is 10.6 Å². The average molecular weight is 166 g/mol. The number of thioether (sulfide) groups is 1. The van der Waals surface area contributed by atoms with E-state index in [1.54, 1.807) is 12.6 Å². The largest absolute Gasteiger partial charge is 0.398 e. The second-order valence-electron chi connectivity index (χ2n) is 2.02. The van der Waals surface area contributed by atoms with Gasteiger partial charge in [0.1, 0.15) is 0 Å². The van der Waals surface area contributed by atoms with Crippen molar-refractivity contribution in [1.29, 1.82) is 0 Å². The summed E-state index contributed by atoms with van der Waals surface area (Å²) in [7, 11) is 1.74. The molecule has 11 heavy (non-hydrogen) atoms. The van der Waals surface area contributed by atoms with Gasteiger partial charge in [-0.05, 0) is 12.1 Å². The molecule has 2 N–H and O–H groups in total. The van der Waals surface area contributed by atoms with Gasteiger partial charge < -0.3 is 5.73 Å². The van der Waals surface area contributed by atoms with Gasteiger partial charge in [-0.25, -0.2) is 0 Å². The highest BCUT2D eigenvalue weighted by Gasteiger charge is 1.93. The molecule has 1 aromatic carbocycles. The highest BCUT2D eigenvalue weighted by molar-refractivity contribution is 8.12. The van der Waals surface area contributed by atoms with Gasteiger partial charge in [-0.1, -0.05) is 23.9 Å². The van der Waals surface area contributed by atoms with Crippen LogP contribution < -0.4 is 5.73 Å². The summed E-state index contributed by atoms with van der Waals surface area (Å²) >= 11 is 1.53. The molecule has 0 atom stereocenters. The highest BCUT2D eigenvalue weighted by atomic mass is 32.2. The van der Waals surface area contributed by atoms with E-state index >= 15 is 0 Å². The van der Waals surface area contributed by atoms with Crippen molar-refractivity contribution in [2.24, 2.45) is 4.99 Å². The molecule has 0 aliphatic rings. The standard InChI is InChI=1S/C8H10N2S/c1-10-6-11-8-5-3-2-4-7(8)9/h2-6H,9H2,1H3. The predicted molar refractivity (Wildman–Crippen MR) is 51.1 cm³/mol. The summed E-state index contributed by atoms with van der Waals surface area (Å²) in [6, 6.07) is 7.73. The summed E-state index contributed by atoms with van der Waals surface area (Å²) < 4.78 is 0. The van der Waals surface area contributed by atoms with E-state index in [9.17, 15) is 0 Å². The van der Waals surface area contributed by atoms with Crippen molar-refractivity contribution in [2.45, 2.75) is 4.90 Å². The predicted octanol–water partition coefficient (Wildman–Crippen LogP) is 2.02. The van der Waals surface area contributed by atoms with Gasteiger partial charge in [-0.3, -0.25) is 4.99 Å². The Morgan fingerprint density at radius 3 is 2.82 bits per heavy atom. The minimum absolute atomic E-state index is 0.803. The van der Waals surface area contributed by atoms with Gasteiger partial charge >= 0.3 is 0 Å². The molecule has 0 aromatic heterocycles. The van der Waals surface area contributed by atoms with Crippen LogP contribution in [-0.2, 0) is 0 Å². The number of para-hydroxylation sites is 1. The van der Waals surface area contributed by atoms with Crippen molar-refractivity contribution < 1.29 is 0 Å². The molecule has 0 fully saturated rings. The third-order valence-corrected chi connectivity index (χ3v) is 2.15. The maximum Gasteiger partial charge on any atom is 0.0586 e. The quantitative estimate of drug-likeness (QED) is 0.316. The van der Waals surface area contributed by atoms with Crippen LogP contribution in [0.1, 0.15) is 0 Å². The number of hydrogen-bond acceptors (Lipinski definition) is 3. The third kappa shape index (κ3) is 2.27. The summed E-state index contributed by atoms with van der Waals surface area (Å²) in [5.41, 5.74) is 8.25. The van der Waals surface area contributed by atoms with Gasteiger partial charge in [0.15, 0.2) is 0 Å². The normalized spacial score (nSPS) is 10.6. The Kier molecular flexibility index (Phi) is 2.98. The van der Waals surface area contributed by atoms with Crippen LogP contribution >= 0.6 is 11.8 Å². The van der Waals surface area contributed by atoms with Crippen molar-refractivity contribution in [3.8, 4) is 0 Å². The van der Waals surface area contributed by atoms with Crippen LogP contribution in [0.2, 0.25) is 0 Å². The number of nitrogens with two attached hydrogens (primary N) is 1. The molecule has 0 aliphatic carbocycles. The van der Waals surface area contributed by atoms with Crippen LogP contribution in [0.5, 0.6) is 0 Å². The molecular formula is C8H10N2S. The molecule has 0 amide bonds. The van der Waals surface area contributed by atoms with Crippen molar-refractivity contribution in [2.75, 3.05) is 12.8 Å². The Morgan fingerprint density at radius 2 is 2.18 bits per heavy atom. The molecule has 0 unspecified atom stereocenters. The summed E-state index contributed by atoms with van der Waals surface area (Å²) in [6.45, 7) is 0. The highest BCUT2D eigenvalue weighted by Crippen LogP contribution is 2.21. The lowest BCUT2D eigenvalue weighted by Gasteiger charge is -1.98. The van der Waals surface area contributed by atoms with Crippen LogP contribution in [-0.4, -0.2) is 12.6 Å². The van der Waals surface area contributed by atoms with E-state index in [2.05, 4.69) is 4.99 Å². The number of rotatable bonds is 2. The van der Waals surface area contributed by atoms with Gasteiger partial charge in [0.05, 0.1) is 5.55 Å². The van der Waals surface area contributed by atoms with Crippen LogP contribution in [0, 0.1) is 0 Å². The molecule has 0 saturated heterocycles. The fraction of sp³-hybridized carbons (Fsp3) is 0.125. The maximum atomic E-state index is 5.68. The van der Waals surface area contributed by atoms with E-state index in [1.165, 1.54) is 11.8 Å². The second kappa shape index (κ2) is 4.03. The Balaban J connectivity index is 2.77. The fourth-order valence-electron chi connectivity index (χ4n) is 0.697. The molecule has 0 spiro atoms. The van der Waals surface area contributed by atoms with Gasteiger partial charge in [0.2, 0.25) is 0 Å². The zero-order valence-corrected chi connectivity index (χ0v) is 7.14. The first kappa shape index (κ1) is 8.14. The topological polar surface area (TPSA) is 38.4 Å².